The predicted molar refractivity (Wildman–Crippen MR) is 34.1 cm³/mol. The van der Waals surface area contributed by atoms with Gasteiger partial charge < -0.3 is 0 Å². The summed E-state index contributed by atoms with van der Waals surface area (Å²) in [7, 11) is -4.10. The van der Waals surface area contributed by atoms with Crippen molar-refractivity contribution in [2.24, 2.45) is 0 Å². The van der Waals surface area contributed by atoms with Crippen LogP contribution >= 0.6 is 0 Å². The van der Waals surface area contributed by atoms with Crippen LogP contribution in [0.3, 0.4) is 0 Å². The van der Waals surface area contributed by atoms with Gasteiger partial charge in [0.05, 0.1) is 0 Å². The minimum atomic E-state index is -4.10. The Morgan fingerprint density at radius 2 is 2.00 bits per heavy atom. The Hall–Kier alpha value is 0.437. The van der Waals surface area contributed by atoms with Gasteiger partial charge in [-0.15, -0.1) is 0 Å². The first kappa shape index (κ1) is 12.1. The quantitative estimate of drug-likeness (QED) is 0.429. The van der Waals surface area contributed by atoms with Gasteiger partial charge in [-0.05, 0) is 6.92 Å². The van der Waals surface area contributed by atoms with Crippen LogP contribution in [0.25, 0.3) is 0 Å². The monoisotopic (exact) mass is 150 g/mol. The molecule has 3 nitrogen and oxygen atoms in total. The van der Waals surface area contributed by atoms with Gasteiger partial charge in [-0.3, -0.25) is 4.55 Å². The molecule has 0 aliphatic carbocycles. The number of rotatable bonds is 2. The van der Waals surface area contributed by atoms with E-state index in [0.29, 0.717) is 0 Å². The summed E-state index contributed by atoms with van der Waals surface area (Å²) in [6, 6.07) is 0. The summed E-state index contributed by atoms with van der Waals surface area (Å²) in [5, 5.41) is 0. The maximum atomic E-state index is 11.7. The molecule has 1 atom stereocenters. The summed E-state index contributed by atoms with van der Waals surface area (Å²) in [5.41, 5.74) is 0. The van der Waals surface area contributed by atoms with Crippen molar-refractivity contribution in [1.29, 1.82) is 0 Å². The Kier molecular flexibility index (Phi) is 5.78. The Labute approximate surface area is 65.6 Å². The van der Waals surface area contributed by atoms with E-state index in [1.54, 1.807) is 0 Å². The second kappa shape index (κ2) is 4.28. The van der Waals surface area contributed by atoms with Gasteiger partial charge in [0.2, 0.25) is 0 Å². The second-order valence-electron chi connectivity index (χ2n) is 1.53. The van der Waals surface area contributed by atoms with E-state index in [1.807, 2.05) is 0 Å². The molecule has 0 amide bonds. The Morgan fingerprint density at radius 3 is 2.00 bits per heavy atom. The summed E-state index contributed by atoms with van der Waals surface area (Å²) in [6.07, 6.45) is -1.50. The van der Waals surface area contributed by atoms with Crippen LogP contribution in [-0.4, -0.2) is 43.8 Å². The van der Waals surface area contributed by atoms with Gasteiger partial charge in [-0.25, -0.2) is 4.39 Å². The number of alkyl halides is 1. The van der Waals surface area contributed by atoms with E-state index in [1.165, 1.54) is 0 Å². The van der Waals surface area contributed by atoms with E-state index in [9.17, 15) is 12.8 Å². The zero-order chi connectivity index (χ0) is 6.78. The third-order valence-corrected chi connectivity index (χ3v) is 1.32. The topological polar surface area (TPSA) is 54.4 Å². The fraction of sp³-hybridized carbons (Fsp3) is 1.00. The Balaban J connectivity index is 0. The van der Waals surface area contributed by atoms with Gasteiger partial charge in [-0.1, -0.05) is 0 Å². The molecule has 0 bridgehead atoms. The fourth-order valence-corrected chi connectivity index (χ4v) is 0.871. The van der Waals surface area contributed by atoms with Crippen LogP contribution < -0.4 is 0 Å². The van der Waals surface area contributed by atoms with Crippen molar-refractivity contribution < 1.29 is 17.4 Å². The molecule has 0 radical (unpaired) electrons. The first-order valence-electron chi connectivity index (χ1n) is 2.01. The van der Waals surface area contributed by atoms with E-state index >= 15 is 0 Å². The van der Waals surface area contributed by atoms with Crippen molar-refractivity contribution >= 4 is 29.0 Å². The third-order valence-electron chi connectivity index (χ3n) is 0.440. The SMILES string of the molecule is CC(F)CS(=O)(=O)O.[LiH]. The van der Waals surface area contributed by atoms with Crippen LogP contribution in [0.4, 0.5) is 4.39 Å². The zero-order valence-electron chi connectivity index (χ0n) is 4.33. The van der Waals surface area contributed by atoms with Gasteiger partial charge in [0.25, 0.3) is 10.1 Å². The van der Waals surface area contributed by atoms with Crippen LogP contribution in [0.15, 0.2) is 0 Å². The molecule has 6 heteroatoms. The molecule has 0 fully saturated rings. The van der Waals surface area contributed by atoms with Crippen LogP contribution in [-0.2, 0) is 10.1 Å². The van der Waals surface area contributed by atoms with Crippen LogP contribution in [0.5, 0.6) is 0 Å². The molecule has 0 saturated heterocycles. The third kappa shape index (κ3) is 11.8. The van der Waals surface area contributed by atoms with Crippen molar-refractivity contribution in [2.75, 3.05) is 5.75 Å². The molecule has 52 valence electrons. The molecule has 1 N–H and O–H groups in total. The summed E-state index contributed by atoms with van der Waals surface area (Å²) in [6.45, 7) is 1.06. The van der Waals surface area contributed by atoms with Gasteiger partial charge in [0.15, 0.2) is 0 Å². The van der Waals surface area contributed by atoms with Crippen molar-refractivity contribution in [3.05, 3.63) is 0 Å². The predicted octanol–water partition coefficient (Wildman–Crippen LogP) is -0.416. The van der Waals surface area contributed by atoms with Crippen molar-refractivity contribution in [2.45, 2.75) is 13.1 Å². The van der Waals surface area contributed by atoms with Crippen LogP contribution in [0, 0.1) is 0 Å². The molecule has 0 aromatic carbocycles. The van der Waals surface area contributed by atoms with Gasteiger partial charge >= 0.3 is 18.9 Å². The van der Waals surface area contributed by atoms with E-state index in [4.69, 9.17) is 4.55 Å². The number of hydrogen-bond donors (Lipinski definition) is 1. The first-order valence-corrected chi connectivity index (χ1v) is 3.62. The summed E-state index contributed by atoms with van der Waals surface area (Å²) in [5.74, 6) is -0.812. The molecule has 0 aromatic rings. The molecule has 1 unspecified atom stereocenters. The standard InChI is InChI=1S/C3H7FO3S.Li.H/c1-3(4)2-8(5,6)7;;/h3H,2H2,1H3,(H,5,6,7);;. The Morgan fingerprint density at radius 1 is 1.67 bits per heavy atom. The summed E-state index contributed by atoms with van der Waals surface area (Å²) >= 11 is 0. The molecule has 9 heavy (non-hydrogen) atoms. The number of hydrogen-bond acceptors (Lipinski definition) is 2. The minimum absolute atomic E-state index is 0. The van der Waals surface area contributed by atoms with E-state index in [-0.39, 0.29) is 18.9 Å². The van der Waals surface area contributed by atoms with E-state index in [0.717, 1.165) is 6.92 Å². The molecule has 0 aliphatic heterocycles. The van der Waals surface area contributed by atoms with Crippen molar-refractivity contribution in [3.8, 4) is 0 Å². The van der Waals surface area contributed by atoms with Gasteiger partial charge in [0, 0.05) is 0 Å². The molecule has 0 aliphatic rings. The normalized spacial score (nSPS) is 14.1. The molecule has 0 heterocycles. The molecule has 0 aromatic heterocycles. The van der Waals surface area contributed by atoms with E-state index in [2.05, 4.69) is 0 Å². The molecule has 0 spiro atoms. The van der Waals surface area contributed by atoms with Crippen LogP contribution in [0.1, 0.15) is 6.92 Å². The summed E-state index contributed by atoms with van der Waals surface area (Å²) in [4.78, 5) is 0. The van der Waals surface area contributed by atoms with Crippen molar-refractivity contribution in [1.82, 2.24) is 0 Å². The average Bonchev–Trinajstić information content (AvgIpc) is 1.21. The van der Waals surface area contributed by atoms with Gasteiger partial charge in [0.1, 0.15) is 11.9 Å². The molecule has 0 rings (SSSR count). The van der Waals surface area contributed by atoms with E-state index < -0.39 is 22.0 Å². The Bertz CT molecular complexity index is 152. The summed E-state index contributed by atoms with van der Waals surface area (Å²) < 4.78 is 39.1. The fourth-order valence-electron chi connectivity index (χ4n) is 0.290. The van der Waals surface area contributed by atoms with Crippen molar-refractivity contribution in [3.63, 3.8) is 0 Å². The molecular formula is C3H8FLiO3S. The number of halogens is 1. The zero-order valence-corrected chi connectivity index (χ0v) is 5.15. The second-order valence-corrected chi connectivity index (χ2v) is 3.03. The van der Waals surface area contributed by atoms with Crippen LogP contribution in [0.2, 0.25) is 0 Å². The molecule has 0 saturated carbocycles. The average molecular weight is 150 g/mol. The van der Waals surface area contributed by atoms with Gasteiger partial charge in [-0.2, -0.15) is 8.42 Å². The first-order chi connectivity index (χ1) is 3.42. The molecular weight excluding hydrogens is 142 g/mol. The maximum absolute atomic E-state index is 11.7.